The zero-order chi connectivity index (χ0) is 27.2. The van der Waals surface area contributed by atoms with Crippen LogP contribution in [0.1, 0.15) is 57.4 Å². The SMILES string of the molecule is CCC(C)(C)NC(=O)C(c1ccccc1Cl)N(C(=O)CCC(=O)Nc1cc(C)on1)c1cccc(Cl)c1. The van der Waals surface area contributed by atoms with E-state index in [1.54, 1.807) is 61.5 Å². The number of carbonyl (C=O) groups excluding carboxylic acids is 3. The standard InChI is InChI=1S/C27H30Cl2N4O4/c1-5-27(3,4)31-26(36)25(20-11-6-7-12-21(20)29)33(19-10-8-9-18(28)16-19)24(35)14-13-23(34)30-22-15-17(2)37-32-22/h6-12,15-16,25H,5,13-14H2,1-4H3,(H,31,36)(H,30,32,34). The molecule has 0 bridgehead atoms. The molecule has 1 unspecified atom stereocenters. The molecule has 1 heterocycles. The Morgan fingerprint density at radius 2 is 1.78 bits per heavy atom. The fourth-order valence-corrected chi connectivity index (χ4v) is 4.04. The molecule has 3 amide bonds. The highest BCUT2D eigenvalue weighted by molar-refractivity contribution is 6.32. The van der Waals surface area contributed by atoms with Crippen LogP contribution in [0.25, 0.3) is 0 Å². The summed E-state index contributed by atoms with van der Waals surface area (Å²) in [5, 5.41) is 10.1. The summed E-state index contributed by atoms with van der Waals surface area (Å²) < 4.78 is 4.96. The molecule has 196 valence electrons. The van der Waals surface area contributed by atoms with Crippen LogP contribution in [0.15, 0.2) is 59.1 Å². The van der Waals surface area contributed by atoms with Crippen LogP contribution < -0.4 is 15.5 Å². The van der Waals surface area contributed by atoms with Crippen molar-refractivity contribution in [3.8, 4) is 0 Å². The molecule has 0 aliphatic rings. The molecule has 0 saturated carbocycles. The van der Waals surface area contributed by atoms with Gasteiger partial charge < -0.3 is 15.2 Å². The first-order chi connectivity index (χ1) is 17.5. The highest BCUT2D eigenvalue weighted by atomic mass is 35.5. The van der Waals surface area contributed by atoms with Crippen molar-refractivity contribution in [2.24, 2.45) is 0 Å². The molecule has 0 fully saturated rings. The van der Waals surface area contributed by atoms with Crippen molar-refractivity contribution in [3.05, 3.63) is 76.0 Å². The molecule has 3 rings (SSSR count). The van der Waals surface area contributed by atoms with Gasteiger partial charge >= 0.3 is 0 Å². The van der Waals surface area contributed by atoms with E-state index in [-0.39, 0.29) is 18.7 Å². The van der Waals surface area contributed by atoms with Gasteiger partial charge in [0.15, 0.2) is 5.82 Å². The van der Waals surface area contributed by atoms with Gasteiger partial charge in [-0.05, 0) is 51.5 Å². The van der Waals surface area contributed by atoms with Crippen molar-refractivity contribution in [1.29, 1.82) is 0 Å². The Bertz CT molecular complexity index is 1270. The normalized spacial score (nSPS) is 12.1. The highest BCUT2D eigenvalue weighted by Crippen LogP contribution is 2.34. The number of halogens is 2. The average molecular weight is 545 g/mol. The summed E-state index contributed by atoms with van der Waals surface area (Å²) in [6, 6.07) is 14.0. The molecule has 0 aliphatic heterocycles. The molecule has 1 atom stereocenters. The number of nitrogens with one attached hydrogen (secondary N) is 2. The minimum atomic E-state index is -1.10. The minimum absolute atomic E-state index is 0.140. The lowest BCUT2D eigenvalue weighted by molar-refractivity contribution is -0.128. The van der Waals surface area contributed by atoms with Crippen LogP contribution in [-0.4, -0.2) is 28.4 Å². The van der Waals surface area contributed by atoms with E-state index < -0.39 is 29.3 Å². The maximum absolute atomic E-state index is 13.8. The van der Waals surface area contributed by atoms with Gasteiger partial charge in [0.1, 0.15) is 11.8 Å². The van der Waals surface area contributed by atoms with Crippen LogP contribution in [0.3, 0.4) is 0 Å². The third kappa shape index (κ3) is 7.57. The second-order valence-electron chi connectivity index (χ2n) is 9.27. The van der Waals surface area contributed by atoms with E-state index in [0.29, 0.717) is 33.5 Å². The summed E-state index contributed by atoms with van der Waals surface area (Å²) in [5.74, 6) is -0.476. The van der Waals surface area contributed by atoms with Crippen molar-refractivity contribution < 1.29 is 18.9 Å². The zero-order valence-electron chi connectivity index (χ0n) is 21.2. The number of aromatic nitrogens is 1. The summed E-state index contributed by atoms with van der Waals surface area (Å²) in [4.78, 5) is 41.3. The fourth-order valence-electron chi connectivity index (χ4n) is 3.62. The summed E-state index contributed by atoms with van der Waals surface area (Å²) in [6.07, 6.45) is 0.348. The molecule has 0 radical (unpaired) electrons. The largest absolute Gasteiger partial charge is 0.360 e. The maximum Gasteiger partial charge on any atom is 0.248 e. The summed E-state index contributed by atoms with van der Waals surface area (Å²) in [6.45, 7) is 7.46. The number of anilines is 2. The second kappa shape index (κ2) is 12.3. The average Bonchev–Trinajstić information content (AvgIpc) is 3.25. The van der Waals surface area contributed by atoms with Crippen molar-refractivity contribution in [2.75, 3.05) is 10.2 Å². The predicted molar refractivity (Wildman–Crippen MR) is 145 cm³/mol. The van der Waals surface area contributed by atoms with Crippen LogP contribution >= 0.6 is 23.2 Å². The van der Waals surface area contributed by atoms with Crippen molar-refractivity contribution >= 4 is 52.4 Å². The van der Waals surface area contributed by atoms with E-state index in [9.17, 15) is 14.4 Å². The molecule has 0 aliphatic carbocycles. The zero-order valence-corrected chi connectivity index (χ0v) is 22.7. The van der Waals surface area contributed by atoms with E-state index in [1.165, 1.54) is 4.90 Å². The molecule has 0 spiro atoms. The topological polar surface area (TPSA) is 105 Å². The van der Waals surface area contributed by atoms with Crippen molar-refractivity contribution in [3.63, 3.8) is 0 Å². The van der Waals surface area contributed by atoms with E-state index >= 15 is 0 Å². The van der Waals surface area contributed by atoms with Gasteiger partial charge in [-0.3, -0.25) is 19.3 Å². The van der Waals surface area contributed by atoms with Crippen LogP contribution in [0.4, 0.5) is 11.5 Å². The number of hydrogen-bond donors (Lipinski definition) is 2. The monoisotopic (exact) mass is 544 g/mol. The lowest BCUT2D eigenvalue weighted by Crippen LogP contribution is -2.50. The number of carbonyl (C=O) groups is 3. The summed E-state index contributed by atoms with van der Waals surface area (Å²) in [5.41, 5.74) is 0.318. The van der Waals surface area contributed by atoms with Gasteiger partial charge in [0.05, 0.1) is 0 Å². The van der Waals surface area contributed by atoms with E-state index in [4.69, 9.17) is 27.7 Å². The Balaban J connectivity index is 1.98. The van der Waals surface area contributed by atoms with Crippen molar-refractivity contribution in [1.82, 2.24) is 10.5 Å². The smallest absolute Gasteiger partial charge is 0.248 e. The van der Waals surface area contributed by atoms with Gasteiger partial charge in [-0.25, -0.2) is 0 Å². The number of rotatable bonds is 10. The van der Waals surface area contributed by atoms with Gasteiger partial charge in [0.2, 0.25) is 17.7 Å². The molecular formula is C27H30Cl2N4O4. The van der Waals surface area contributed by atoms with Crippen LogP contribution in [0.2, 0.25) is 10.0 Å². The van der Waals surface area contributed by atoms with Gasteiger partial charge in [-0.2, -0.15) is 0 Å². The van der Waals surface area contributed by atoms with Gasteiger partial charge in [0, 0.05) is 45.7 Å². The Labute approximate surface area is 226 Å². The number of nitrogens with zero attached hydrogens (tertiary/aromatic N) is 2. The molecule has 8 nitrogen and oxygen atoms in total. The van der Waals surface area contributed by atoms with Crippen molar-refractivity contribution in [2.45, 2.75) is 58.5 Å². The maximum atomic E-state index is 13.8. The second-order valence-corrected chi connectivity index (χ2v) is 10.1. The molecular weight excluding hydrogens is 515 g/mol. The van der Waals surface area contributed by atoms with Gasteiger partial charge in [0.25, 0.3) is 0 Å². The summed E-state index contributed by atoms with van der Waals surface area (Å²) >= 11 is 12.8. The van der Waals surface area contributed by atoms with E-state index in [1.807, 2.05) is 20.8 Å². The van der Waals surface area contributed by atoms with E-state index in [0.717, 1.165) is 0 Å². The Morgan fingerprint density at radius 3 is 2.41 bits per heavy atom. The minimum Gasteiger partial charge on any atom is -0.360 e. The molecule has 37 heavy (non-hydrogen) atoms. The lowest BCUT2D eigenvalue weighted by Gasteiger charge is -2.35. The van der Waals surface area contributed by atoms with Crippen LogP contribution in [-0.2, 0) is 14.4 Å². The number of benzene rings is 2. The third-order valence-corrected chi connectivity index (χ3v) is 6.45. The summed E-state index contributed by atoms with van der Waals surface area (Å²) in [7, 11) is 0. The first-order valence-corrected chi connectivity index (χ1v) is 12.6. The first kappa shape index (κ1) is 28.2. The Hall–Kier alpha value is -3.36. The third-order valence-electron chi connectivity index (χ3n) is 5.87. The number of hydrogen-bond acceptors (Lipinski definition) is 5. The Morgan fingerprint density at radius 1 is 1.05 bits per heavy atom. The molecule has 10 heteroatoms. The lowest BCUT2D eigenvalue weighted by atomic mass is 9.98. The highest BCUT2D eigenvalue weighted by Gasteiger charge is 2.36. The number of aryl methyl sites for hydroxylation is 1. The molecule has 2 N–H and O–H groups in total. The molecule has 3 aromatic rings. The molecule has 2 aromatic carbocycles. The van der Waals surface area contributed by atoms with Gasteiger partial charge in [-0.1, -0.05) is 59.5 Å². The Kier molecular flexibility index (Phi) is 9.34. The predicted octanol–water partition coefficient (Wildman–Crippen LogP) is 6.09. The van der Waals surface area contributed by atoms with Crippen LogP contribution in [0.5, 0.6) is 0 Å². The van der Waals surface area contributed by atoms with E-state index in [2.05, 4.69) is 15.8 Å². The van der Waals surface area contributed by atoms with Gasteiger partial charge in [-0.15, -0.1) is 0 Å². The number of amides is 3. The first-order valence-electron chi connectivity index (χ1n) is 11.9. The fraction of sp³-hybridized carbons (Fsp3) is 0.333. The van der Waals surface area contributed by atoms with Crippen LogP contribution in [0, 0.1) is 6.92 Å². The molecule has 1 aromatic heterocycles. The quantitative estimate of drug-likeness (QED) is 0.321. The molecule has 0 saturated heterocycles.